The van der Waals surface area contributed by atoms with Gasteiger partial charge < -0.3 is 42.4 Å². The number of carbonyl (C=O) groups excluding carboxylic acids is 5. The molecule has 0 radical (unpaired) electrons. The average molecular weight is 661 g/mol. The first-order chi connectivity index (χ1) is 22.0. The van der Waals surface area contributed by atoms with Crippen molar-refractivity contribution in [2.45, 2.75) is 84.5 Å². The quantitative estimate of drug-likeness (QED) is 0.0958. The van der Waals surface area contributed by atoms with Gasteiger partial charge in [0, 0.05) is 44.3 Å². The molecule has 8 N–H and O–H groups in total. The second kappa shape index (κ2) is 20.9. The average Bonchev–Trinajstić information content (AvgIpc) is 3.00. The van der Waals surface area contributed by atoms with Crippen molar-refractivity contribution in [1.29, 1.82) is 0 Å². The van der Waals surface area contributed by atoms with Crippen LogP contribution in [-0.4, -0.2) is 97.5 Å². The predicted octanol–water partition coefficient (Wildman–Crippen LogP) is 2.29. The molecule has 0 aliphatic carbocycles. The van der Waals surface area contributed by atoms with Gasteiger partial charge in [0.05, 0.1) is 0 Å². The molecule has 0 fully saturated rings. The Kier molecular flexibility index (Phi) is 18.1. The molecule has 14 heteroatoms. The van der Waals surface area contributed by atoms with E-state index < -0.39 is 36.0 Å². The van der Waals surface area contributed by atoms with E-state index in [0.29, 0.717) is 31.7 Å². The number of ether oxygens (including phenoxy) is 1. The summed E-state index contributed by atoms with van der Waals surface area (Å²) in [5.74, 6) is -1.59. The van der Waals surface area contributed by atoms with Crippen molar-refractivity contribution in [3.8, 4) is 0 Å². The smallest absolute Gasteiger partial charge is 0.409 e. The maximum atomic E-state index is 13.3. The Morgan fingerprint density at radius 1 is 0.936 bits per heavy atom. The zero-order valence-corrected chi connectivity index (χ0v) is 29.1. The Labute approximate surface area is 279 Å². The number of unbranched alkanes of at least 4 members (excludes halogenated alkanes) is 2. The topological polar surface area (TPSA) is 201 Å². The maximum absolute atomic E-state index is 13.3. The highest BCUT2D eigenvalue weighted by Gasteiger charge is 2.28. The molecule has 0 aliphatic rings. The van der Waals surface area contributed by atoms with E-state index in [9.17, 15) is 24.0 Å². The van der Waals surface area contributed by atoms with E-state index in [1.807, 2.05) is 7.05 Å². The largest absolute Gasteiger partial charge is 0.445 e. The van der Waals surface area contributed by atoms with Crippen molar-refractivity contribution in [2.75, 3.05) is 45.6 Å². The molecule has 0 bridgehead atoms. The molecule has 1 rings (SSSR count). The fourth-order valence-electron chi connectivity index (χ4n) is 4.08. The minimum absolute atomic E-state index is 0.00958. The van der Waals surface area contributed by atoms with Crippen LogP contribution in [0.4, 0.5) is 15.3 Å². The first-order valence-electron chi connectivity index (χ1n) is 16.0. The molecule has 0 saturated heterocycles. The van der Waals surface area contributed by atoms with Gasteiger partial charge in [0.2, 0.25) is 11.8 Å². The number of primary amides is 1. The van der Waals surface area contributed by atoms with E-state index in [-0.39, 0.29) is 36.9 Å². The summed E-state index contributed by atoms with van der Waals surface area (Å²) in [6.45, 7) is 11.8. The minimum atomic E-state index is -1.13. The molecular weight excluding hydrogens is 604 g/mol. The first-order valence-corrected chi connectivity index (χ1v) is 16.0. The molecule has 0 unspecified atom stereocenters. The van der Waals surface area contributed by atoms with Gasteiger partial charge in [0.25, 0.3) is 5.91 Å². The number of rotatable bonds is 19. The van der Waals surface area contributed by atoms with Crippen LogP contribution in [0.3, 0.4) is 0 Å². The lowest BCUT2D eigenvalue weighted by molar-refractivity contribution is -0.131. The van der Waals surface area contributed by atoms with Gasteiger partial charge in [-0.25, -0.2) is 9.59 Å². The third kappa shape index (κ3) is 16.8. The number of hydrogen-bond donors (Lipinski definition) is 6. The molecule has 47 heavy (non-hydrogen) atoms. The van der Waals surface area contributed by atoms with Crippen molar-refractivity contribution >= 4 is 35.5 Å². The standard InChI is InChI=1S/C33H56N8O6/c1-23(2)28(39-27(42)13-9-8-10-18-34)30(44)38-26(12-11-19-36-31(35)45)29(43)37-25-16-14-24(15-17-25)22-47-32(46)40(6)20-21-41(7)33(3,4)5/h11-12,14-17,23,26,28H,8-10,13,18-22,34H2,1-7H3,(H,37,43)(H,38,44)(H,39,42)(H3,35,36,45)/b12-11+/t26-,28-/m0/s1. The van der Waals surface area contributed by atoms with Crippen LogP contribution >= 0.6 is 0 Å². The normalized spacial score (nSPS) is 12.8. The van der Waals surface area contributed by atoms with Crippen LogP contribution in [0.5, 0.6) is 0 Å². The molecule has 1 aromatic carbocycles. The van der Waals surface area contributed by atoms with E-state index in [0.717, 1.165) is 18.4 Å². The second-order valence-electron chi connectivity index (χ2n) is 12.8. The molecule has 2 atom stereocenters. The predicted molar refractivity (Wildman–Crippen MR) is 183 cm³/mol. The minimum Gasteiger partial charge on any atom is -0.445 e. The Balaban J connectivity index is 2.86. The van der Waals surface area contributed by atoms with Crippen molar-refractivity contribution in [1.82, 2.24) is 25.8 Å². The Hall–Kier alpha value is -4.17. The van der Waals surface area contributed by atoms with E-state index in [1.165, 1.54) is 17.1 Å². The molecule has 264 valence electrons. The van der Waals surface area contributed by atoms with Gasteiger partial charge in [-0.15, -0.1) is 0 Å². The van der Waals surface area contributed by atoms with Gasteiger partial charge in [-0.3, -0.25) is 19.3 Å². The summed E-state index contributed by atoms with van der Waals surface area (Å²) in [4.78, 5) is 66.2. The highest BCUT2D eigenvalue weighted by Crippen LogP contribution is 2.13. The lowest BCUT2D eigenvalue weighted by Crippen LogP contribution is -2.54. The van der Waals surface area contributed by atoms with E-state index in [4.69, 9.17) is 16.2 Å². The van der Waals surface area contributed by atoms with Crippen LogP contribution < -0.4 is 32.7 Å². The van der Waals surface area contributed by atoms with Crippen molar-refractivity contribution in [3.05, 3.63) is 42.0 Å². The Bertz CT molecular complexity index is 1180. The third-order valence-corrected chi connectivity index (χ3v) is 7.49. The highest BCUT2D eigenvalue weighted by molar-refractivity contribution is 5.99. The zero-order chi connectivity index (χ0) is 35.6. The van der Waals surface area contributed by atoms with Gasteiger partial charge in [-0.2, -0.15) is 0 Å². The fourth-order valence-corrected chi connectivity index (χ4v) is 4.08. The molecule has 14 nitrogen and oxygen atoms in total. The van der Waals surface area contributed by atoms with Gasteiger partial charge in [0.1, 0.15) is 18.7 Å². The van der Waals surface area contributed by atoms with Crippen LogP contribution in [0.2, 0.25) is 0 Å². The summed E-state index contributed by atoms with van der Waals surface area (Å²) in [6, 6.07) is 4.00. The summed E-state index contributed by atoms with van der Waals surface area (Å²) < 4.78 is 5.43. The number of urea groups is 1. The summed E-state index contributed by atoms with van der Waals surface area (Å²) in [6.07, 6.45) is 5.03. The van der Waals surface area contributed by atoms with E-state index >= 15 is 0 Å². The maximum Gasteiger partial charge on any atom is 0.409 e. The number of nitrogens with zero attached hydrogens (tertiary/aromatic N) is 2. The summed E-state index contributed by atoms with van der Waals surface area (Å²) in [5.41, 5.74) is 11.8. The molecule has 6 amide bonds. The van der Waals surface area contributed by atoms with Crippen LogP contribution in [0.15, 0.2) is 36.4 Å². The number of benzene rings is 1. The zero-order valence-electron chi connectivity index (χ0n) is 29.1. The second-order valence-corrected chi connectivity index (χ2v) is 12.8. The van der Waals surface area contributed by atoms with E-state index in [1.54, 1.807) is 45.2 Å². The van der Waals surface area contributed by atoms with Gasteiger partial charge >= 0.3 is 12.1 Å². The number of nitrogens with one attached hydrogen (secondary N) is 4. The number of amides is 6. The van der Waals surface area contributed by atoms with Crippen molar-refractivity contribution < 1.29 is 28.7 Å². The van der Waals surface area contributed by atoms with Crippen LogP contribution in [0.25, 0.3) is 0 Å². The lowest BCUT2D eigenvalue weighted by Gasteiger charge is -2.33. The first kappa shape index (κ1) is 40.9. The molecule has 0 aromatic heterocycles. The SMILES string of the molecule is CC(C)[C@H](NC(=O)CCCCCN)C(=O)N[C@@H](/C=C/CNC(N)=O)C(=O)Nc1ccc(COC(=O)N(C)CCN(C)C(C)(C)C)cc1. The van der Waals surface area contributed by atoms with Crippen LogP contribution in [0, 0.1) is 5.92 Å². The highest BCUT2D eigenvalue weighted by atomic mass is 16.6. The molecular formula is C33H56N8O6. The summed E-state index contributed by atoms with van der Waals surface area (Å²) >= 11 is 0. The molecule has 0 aliphatic heterocycles. The number of hydrogen-bond acceptors (Lipinski definition) is 8. The molecule has 0 saturated carbocycles. The molecule has 1 aromatic rings. The fraction of sp³-hybridized carbons (Fsp3) is 0.606. The van der Waals surface area contributed by atoms with Crippen LogP contribution in [-0.2, 0) is 25.7 Å². The number of anilines is 1. The Morgan fingerprint density at radius 3 is 2.17 bits per heavy atom. The van der Waals surface area contributed by atoms with Gasteiger partial charge in [-0.05, 0) is 70.8 Å². The van der Waals surface area contributed by atoms with Gasteiger partial charge in [-0.1, -0.05) is 44.6 Å². The molecule has 0 heterocycles. The lowest BCUT2D eigenvalue weighted by atomic mass is 10.0. The van der Waals surface area contributed by atoms with Crippen molar-refractivity contribution in [2.24, 2.45) is 17.4 Å². The number of likely N-dealkylation sites (N-methyl/N-ethyl adjacent to an activating group) is 2. The van der Waals surface area contributed by atoms with Gasteiger partial charge in [0.15, 0.2) is 0 Å². The number of carbonyl (C=O) groups is 5. The third-order valence-electron chi connectivity index (χ3n) is 7.49. The monoisotopic (exact) mass is 660 g/mol. The number of nitrogens with two attached hydrogens (primary N) is 2. The molecule has 0 spiro atoms. The van der Waals surface area contributed by atoms with Crippen LogP contribution in [0.1, 0.15) is 65.9 Å². The van der Waals surface area contributed by atoms with Crippen molar-refractivity contribution in [3.63, 3.8) is 0 Å². The summed E-state index contributed by atoms with van der Waals surface area (Å²) in [7, 11) is 3.69. The van der Waals surface area contributed by atoms with E-state index in [2.05, 4.69) is 46.9 Å². The Morgan fingerprint density at radius 2 is 1.60 bits per heavy atom. The summed E-state index contributed by atoms with van der Waals surface area (Å²) in [5, 5.41) is 10.6.